The highest BCUT2D eigenvalue weighted by atomic mass is 32.2. The lowest BCUT2D eigenvalue weighted by atomic mass is 10.0. The lowest BCUT2D eigenvalue weighted by Gasteiger charge is -2.22. The molecule has 0 aromatic heterocycles. The smallest absolute Gasteiger partial charge is 0.160 e. The summed E-state index contributed by atoms with van der Waals surface area (Å²) >= 11 is 1.61. The van der Waals surface area contributed by atoms with E-state index in [0.29, 0.717) is 5.17 Å². The number of rotatable bonds is 1. The van der Waals surface area contributed by atoms with Gasteiger partial charge in [0.25, 0.3) is 0 Å². The molecule has 84 valence electrons. The first-order chi connectivity index (χ1) is 8.34. The Bertz CT molecular complexity index is 563. The number of aliphatic imine (C=N–C) groups is 1. The molecule has 2 aromatic carbocycles. The third-order valence-corrected chi connectivity index (χ3v) is 3.89. The second kappa shape index (κ2) is 4.26. The lowest BCUT2D eigenvalue weighted by molar-refractivity contribution is 1.14. The molecule has 1 heterocycles. The summed E-state index contributed by atoms with van der Waals surface area (Å²) in [6.45, 7) is 0. The summed E-state index contributed by atoms with van der Waals surface area (Å²) in [5.74, 6) is 0. The molecule has 0 spiro atoms. The number of amidine groups is 1. The van der Waals surface area contributed by atoms with Gasteiger partial charge in [-0.05, 0) is 17.2 Å². The molecule has 1 aliphatic heterocycles. The topological polar surface area (TPSA) is 38.4 Å². The Morgan fingerprint density at radius 3 is 2.47 bits per heavy atom. The summed E-state index contributed by atoms with van der Waals surface area (Å²) in [5.41, 5.74) is 9.37. The van der Waals surface area contributed by atoms with Crippen molar-refractivity contribution in [1.82, 2.24) is 0 Å². The molecular weight excluding hydrogens is 228 g/mol. The van der Waals surface area contributed by atoms with Gasteiger partial charge in [0.15, 0.2) is 5.17 Å². The van der Waals surface area contributed by atoms with Gasteiger partial charge < -0.3 is 5.73 Å². The van der Waals surface area contributed by atoms with Gasteiger partial charge in [-0.3, -0.25) is 0 Å². The fraction of sp³-hybridized carbons (Fsp3) is 0.0714. The number of hydrogen-bond donors (Lipinski definition) is 1. The highest BCUT2D eigenvalue weighted by molar-refractivity contribution is 8.14. The van der Waals surface area contributed by atoms with Crippen molar-refractivity contribution in [3.8, 4) is 0 Å². The van der Waals surface area contributed by atoms with Crippen LogP contribution in [-0.2, 0) is 0 Å². The van der Waals surface area contributed by atoms with Gasteiger partial charge in [0.2, 0.25) is 0 Å². The predicted octanol–water partition coefficient (Wildman–Crippen LogP) is 3.47. The molecule has 0 saturated heterocycles. The van der Waals surface area contributed by atoms with Crippen molar-refractivity contribution >= 4 is 22.6 Å². The minimum atomic E-state index is 0.255. The van der Waals surface area contributed by atoms with Crippen molar-refractivity contribution in [3.63, 3.8) is 0 Å². The van der Waals surface area contributed by atoms with Gasteiger partial charge in [-0.15, -0.1) is 0 Å². The van der Waals surface area contributed by atoms with E-state index in [-0.39, 0.29) is 5.25 Å². The molecule has 0 bridgehead atoms. The number of benzene rings is 2. The first-order valence-corrected chi connectivity index (χ1v) is 6.37. The van der Waals surface area contributed by atoms with E-state index in [2.05, 4.69) is 35.3 Å². The third kappa shape index (κ3) is 1.94. The molecule has 2 N–H and O–H groups in total. The zero-order valence-electron chi connectivity index (χ0n) is 9.21. The summed E-state index contributed by atoms with van der Waals surface area (Å²) in [7, 11) is 0. The Balaban J connectivity index is 2.11. The quantitative estimate of drug-likeness (QED) is 0.829. The third-order valence-electron chi connectivity index (χ3n) is 2.79. The van der Waals surface area contributed by atoms with E-state index in [1.54, 1.807) is 11.8 Å². The molecule has 3 rings (SSSR count). The van der Waals surface area contributed by atoms with E-state index >= 15 is 0 Å². The van der Waals surface area contributed by atoms with Gasteiger partial charge >= 0.3 is 0 Å². The molecule has 17 heavy (non-hydrogen) atoms. The monoisotopic (exact) mass is 240 g/mol. The van der Waals surface area contributed by atoms with Crippen LogP contribution in [0.4, 0.5) is 5.69 Å². The minimum Gasteiger partial charge on any atom is -0.378 e. The van der Waals surface area contributed by atoms with Crippen LogP contribution in [0.3, 0.4) is 0 Å². The Hall–Kier alpha value is -1.74. The fourth-order valence-corrected chi connectivity index (χ4v) is 3.03. The van der Waals surface area contributed by atoms with Gasteiger partial charge in [-0.1, -0.05) is 60.3 Å². The lowest BCUT2D eigenvalue weighted by Crippen LogP contribution is -2.14. The van der Waals surface area contributed by atoms with Crippen LogP contribution in [-0.4, -0.2) is 5.17 Å². The number of thioether (sulfide) groups is 1. The van der Waals surface area contributed by atoms with Crippen LogP contribution in [0.15, 0.2) is 59.6 Å². The van der Waals surface area contributed by atoms with E-state index in [9.17, 15) is 0 Å². The Morgan fingerprint density at radius 2 is 1.65 bits per heavy atom. The highest BCUT2D eigenvalue weighted by Crippen LogP contribution is 2.43. The summed E-state index contributed by atoms with van der Waals surface area (Å²) in [6, 6.07) is 18.6. The molecular formula is C14H12N2S. The average molecular weight is 240 g/mol. The summed E-state index contributed by atoms with van der Waals surface area (Å²) in [5, 5.41) is 0.891. The zero-order valence-corrected chi connectivity index (χ0v) is 10.0. The van der Waals surface area contributed by atoms with Crippen LogP contribution < -0.4 is 5.73 Å². The van der Waals surface area contributed by atoms with Crippen LogP contribution in [0.1, 0.15) is 16.4 Å². The summed E-state index contributed by atoms with van der Waals surface area (Å²) in [6.07, 6.45) is 0. The normalized spacial score (nSPS) is 18.4. The summed E-state index contributed by atoms with van der Waals surface area (Å²) < 4.78 is 0. The molecule has 0 saturated carbocycles. The first-order valence-electron chi connectivity index (χ1n) is 5.49. The fourth-order valence-electron chi connectivity index (χ4n) is 2.02. The number of nitrogens with zero attached hydrogens (tertiary/aromatic N) is 1. The van der Waals surface area contributed by atoms with Crippen LogP contribution >= 0.6 is 11.8 Å². The van der Waals surface area contributed by atoms with Crippen LogP contribution in [0.5, 0.6) is 0 Å². The van der Waals surface area contributed by atoms with E-state index < -0.39 is 0 Å². The van der Waals surface area contributed by atoms with Gasteiger partial charge in [-0.2, -0.15) is 0 Å². The minimum absolute atomic E-state index is 0.255. The second-order valence-corrected chi connectivity index (χ2v) is 5.04. The Kier molecular flexibility index (Phi) is 2.61. The van der Waals surface area contributed by atoms with Crippen molar-refractivity contribution in [1.29, 1.82) is 0 Å². The van der Waals surface area contributed by atoms with Crippen molar-refractivity contribution in [2.45, 2.75) is 5.25 Å². The van der Waals surface area contributed by atoms with E-state index in [1.807, 2.05) is 24.3 Å². The molecule has 0 unspecified atom stereocenters. The van der Waals surface area contributed by atoms with Crippen molar-refractivity contribution in [3.05, 3.63) is 65.7 Å². The maximum atomic E-state index is 5.89. The van der Waals surface area contributed by atoms with Gasteiger partial charge in [-0.25, -0.2) is 4.99 Å². The molecule has 3 heteroatoms. The number of fused-ring (bicyclic) bond motifs is 1. The molecule has 0 aliphatic carbocycles. The molecule has 0 fully saturated rings. The van der Waals surface area contributed by atoms with Crippen molar-refractivity contribution in [2.75, 3.05) is 0 Å². The Morgan fingerprint density at radius 1 is 0.941 bits per heavy atom. The maximum absolute atomic E-state index is 5.89. The largest absolute Gasteiger partial charge is 0.378 e. The van der Waals surface area contributed by atoms with Gasteiger partial charge in [0, 0.05) is 0 Å². The van der Waals surface area contributed by atoms with Crippen molar-refractivity contribution < 1.29 is 0 Å². The Labute approximate surface area is 105 Å². The van der Waals surface area contributed by atoms with Crippen LogP contribution in [0, 0.1) is 0 Å². The number of nitrogens with two attached hydrogens (primary N) is 1. The molecule has 1 atom stereocenters. The van der Waals surface area contributed by atoms with E-state index in [4.69, 9.17) is 5.73 Å². The van der Waals surface area contributed by atoms with Gasteiger partial charge in [0.1, 0.15) is 0 Å². The molecule has 0 amide bonds. The SMILES string of the molecule is NC1=Nc2ccccc2[C@@H](c2ccccc2)S1. The zero-order chi connectivity index (χ0) is 11.7. The van der Waals surface area contributed by atoms with Gasteiger partial charge in [0.05, 0.1) is 10.9 Å². The van der Waals surface area contributed by atoms with Crippen LogP contribution in [0.25, 0.3) is 0 Å². The molecule has 0 radical (unpaired) electrons. The highest BCUT2D eigenvalue weighted by Gasteiger charge is 2.23. The standard InChI is InChI=1S/C14H12N2S/c15-14-16-12-9-5-4-8-11(12)13(17-14)10-6-2-1-3-7-10/h1-9,13H,(H2,15,16)/t13-/m1/s1. The number of para-hydroxylation sites is 1. The van der Waals surface area contributed by atoms with E-state index in [0.717, 1.165) is 5.69 Å². The molecule has 1 aliphatic rings. The summed E-state index contributed by atoms with van der Waals surface area (Å²) in [4.78, 5) is 4.38. The van der Waals surface area contributed by atoms with Crippen molar-refractivity contribution in [2.24, 2.45) is 10.7 Å². The maximum Gasteiger partial charge on any atom is 0.160 e. The number of hydrogen-bond acceptors (Lipinski definition) is 3. The average Bonchev–Trinajstić information content (AvgIpc) is 2.39. The molecule has 2 aromatic rings. The van der Waals surface area contributed by atoms with Crippen LogP contribution in [0.2, 0.25) is 0 Å². The van der Waals surface area contributed by atoms with E-state index in [1.165, 1.54) is 11.1 Å². The molecule has 2 nitrogen and oxygen atoms in total. The predicted molar refractivity (Wildman–Crippen MR) is 73.6 cm³/mol. The second-order valence-electron chi connectivity index (χ2n) is 3.92. The first kappa shape index (κ1) is 10.4.